The monoisotopic (exact) mass is 538 g/mol. The third-order valence-corrected chi connectivity index (χ3v) is 11.3. The number of allylic oxidation sites excluding steroid dienone is 4. The average Bonchev–Trinajstić information content (AvgIpc) is 3.23. The van der Waals surface area contributed by atoms with Gasteiger partial charge in [0, 0.05) is 39.0 Å². The Morgan fingerprint density at radius 3 is 2.36 bits per heavy atom. The van der Waals surface area contributed by atoms with E-state index < -0.39 is 0 Å². The highest BCUT2D eigenvalue weighted by Crippen LogP contribution is 2.62. The minimum absolute atomic E-state index is 0.0802. The highest BCUT2D eigenvalue weighted by molar-refractivity contribution is 5.93. The number of likely N-dealkylation sites (N-methyl/N-ethyl adjacent to an activating group) is 1. The lowest BCUT2D eigenvalue weighted by atomic mass is 9.53. The first-order valence-corrected chi connectivity index (χ1v) is 16.5. The first kappa shape index (κ1) is 29.0. The van der Waals surface area contributed by atoms with Crippen molar-refractivity contribution in [1.82, 2.24) is 9.80 Å². The Bertz CT molecular complexity index is 946. The van der Waals surface area contributed by atoms with E-state index in [0.717, 1.165) is 64.7 Å². The molecule has 1 heterocycles. The summed E-state index contributed by atoms with van der Waals surface area (Å²) in [6.45, 7) is 6.19. The Labute approximate surface area is 237 Å². The van der Waals surface area contributed by atoms with Crippen LogP contribution in [-0.4, -0.2) is 65.9 Å². The van der Waals surface area contributed by atoms with Crippen LogP contribution < -0.4 is 0 Å². The van der Waals surface area contributed by atoms with E-state index in [1.165, 1.54) is 69.8 Å². The number of carbonyl (C=O) groups excluding carboxylic acids is 2. The Hall–Kier alpha value is -1.46. The fraction of sp³-hybridized carbons (Fsp3) is 0.824. The Morgan fingerprint density at radius 2 is 1.62 bits per heavy atom. The number of aliphatic hydroxyl groups is 1. The zero-order valence-electron chi connectivity index (χ0n) is 24.9. The molecule has 0 aromatic rings. The van der Waals surface area contributed by atoms with Crippen LogP contribution in [0.2, 0.25) is 0 Å². The van der Waals surface area contributed by atoms with Crippen LogP contribution in [0.25, 0.3) is 0 Å². The summed E-state index contributed by atoms with van der Waals surface area (Å²) in [4.78, 5) is 28.9. The predicted molar refractivity (Wildman–Crippen MR) is 157 cm³/mol. The van der Waals surface area contributed by atoms with E-state index in [2.05, 4.69) is 23.8 Å². The van der Waals surface area contributed by atoms with Crippen molar-refractivity contribution >= 4 is 11.7 Å². The van der Waals surface area contributed by atoms with Crippen LogP contribution in [0.15, 0.2) is 22.8 Å². The summed E-state index contributed by atoms with van der Waals surface area (Å²) in [6, 6.07) is 0. The molecule has 5 atom stereocenters. The van der Waals surface area contributed by atoms with Crippen molar-refractivity contribution in [2.45, 2.75) is 122 Å². The number of hydrogen-bond acceptors (Lipinski definition) is 4. The van der Waals surface area contributed by atoms with Gasteiger partial charge in [0.25, 0.3) is 0 Å². The zero-order chi connectivity index (χ0) is 27.4. The maximum atomic E-state index is 12.4. The zero-order valence-corrected chi connectivity index (χ0v) is 24.9. The van der Waals surface area contributed by atoms with Gasteiger partial charge in [-0.15, -0.1) is 0 Å². The molecule has 0 bridgehead atoms. The fourth-order valence-corrected chi connectivity index (χ4v) is 9.00. The number of carbonyl (C=O) groups is 2. The quantitative estimate of drug-likeness (QED) is 0.307. The largest absolute Gasteiger partial charge is 0.393 e. The van der Waals surface area contributed by atoms with Crippen molar-refractivity contribution in [3.63, 3.8) is 0 Å². The number of aliphatic hydroxyl groups excluding tert-OH is 1. The number of hydrogen-bond donors (Lipinski definition) is 1. The number of fused-ring (bicyclic) bond motifs is 4. The van der Waals surface area contributed by atoms with E-state index in [4.69, 9.17) is 0 Å². The molecular weight excluding hydrogens is 484 g/mol. The first-order chi connectivity index (χ1) is 18.9. The molecule has 2 saturated carbocycles. The molecule has 5 rings (SSSR count). The van der Waals surface area contributed by atoms with Gasteiger partial charge in [0.15, 0.2) is 5.78 Å². The summed E-state index contributed by atoms with van der Waals surface area (Å²) >= 11 is 0. The van der Waals surface area contributed by atoms with Crippen molar-refractivity contribution in [1.29, 1.82) is 0 Å². The van der Waals surface area contributed by atoms with Gasteiger partial charge >= 0.3 is 0 Å². The van der Waals surface area contributed by atoms with Crippen LogP contribution in [0.3, 0.4) is 0 Å². The van der Waals surface area contributed by atoms with Crippen LogP contribution in [-0.2, 0) is 9.59 Å². The summed E-state index contributed by atoms with van der Waals surface area (Å²) in [5.41, 5.74) is 4.72. The van der Waals surface area contributed by atoms with Gasteiger partial charge in [0.2, 0.25) is 5.91 Å². The molecule has 5 nitrogen and oxygen atoms in total. The van der Waals surface area contributed by atoms with Gasteiger partial charge in [0.1, 0.15) is 0 Å². The second-order valence-corrected chi connectivity index (χ2v) is 13.9. The Kier molecular flexibility index (Phi) is 9.70. The molecule has 3 fully saturated rings. The van der Waals surface area contributed by atoms with Gasteiger partial charge < -0.3 is 14.9 Å². The molecule has 5 aliphatic rings. The number of ketones is 1. The molecule has 0 radical (unpaired) electrons. The molecule has 0 aromatic carbocycles. The maximum Gasteiger partial charge on any atom is 0.222 e. The second-order valence-electron chi connectivity index (χ2n) is 13.9. The van der Waals surface area contributed by atoms with Gasteiger partial charge in [-0.3, -0.25) is 9.59 Å². The number of rotatable bonds is 11. The van der Waals surface area contributed by atoms with Gasteiger partial charge in [-0.1, -0.05) is 57.4 Å². The summed E-state index contributed by atoms with van der Waals surface area (Å²) < 4.78 is 0. The lowest BCUT2D eigenvalue weighted by Crippen LogP contribution is -2.47. The van der Waals surface area contributed by atoms with Gasteiger partial charge in [0.05, 0.1) is 6.10 Å². The maximum absolute atomic E-state index is 12.4. The van der Waals surface area contributed by atoms with Crippen LogP contribution in [0.1, 0.15) is 116 Å². The normalized spacial score (nSPS) is 33.1. The topological polar surface area (TPSA) is 60.9 Å². The number of piperazine rings is 1. The lowest BCUT2D eigenvalue weighted by molar-refractivity contribution is -0.132. The van der Waals surface area contributed by atoms with E-state index in [-0.39, 0.29) is 11.5 Å². The minimum atomic E-state index is -0.140. The molecular formula is C34H54N2O3. The van der Waals surface area contributed by atoms with Crippen LogP contribution in [0.4, 0.5) is 0 Å². The summed E-state index contributed by atoms with van der Waals surface area (Å²) in [5.74, 6) is 2.53. The van der Waals surface area contributed by atoms with Crippen molar-refractivity contribution in [2.24, 2.45) is 23.2 Å². The van der Waals surface area contributed by atoms with E-state index in [9.17, 15) is 14.7 Å². The van der Waals surface area contributed by atoms with Crippen molar-refractivity contribution in [2.75, 3.05) is 33.2 Å². The van der Waals surface area contributed by atoms with Gasteiger partial charge in [-0.05, 0) is 98.8 Å². The summed E-state index contributed by atoms with van der Waals surface area (Å²) in [5, 5.41) is 11.0. The molecule has 5 heteroatoms. The third kappa shape index (κ3) is 6.56. The average molecular weight is 539 g/mol. The van der Waals surface area contributed by atoms with Crippen LogP contribution >= 0.6 is 0 Å². The molecule has 39 heavy (non-hydrogen) atoms. The number of amides is 1. The molecule has 0 aromatic heterocycles. The molecule has 1 aliphatic heterocycles. The first-order valence-electron chi connectivity index (χ1n) is 16.5. The minimum Gasteiger partial charge on any atom is -0.393 e. The smallest absolute Gasteiger partial charge is 0.222 e. The number of unbranched alkanes of at least 4 members (excludes halogenated alkanes) is 7. The second kappa shape index (κ2) is 13.0. The van der Waals surface area contributed by atoms with Crippen molar-refractivity contribution in [3.05, 3.63) is 22.8 Å². The standard InChI is InChI=1S/C34H54N2O3/c1-34-24-26(11-9-7-5-3-4-6-8-10-12-32(39)36-21-19-35(2)20-22-36)33-28-16-14-27(37)23-25(28)13-15-29(33)30(34)17-18-31(34)38/h23,26,29-31,38H,3-22,24H2,1-2H3/t26-,29?,30?,31-,34-/m0/s1. The van der Waals surface area contributed by atoms with Crippen LogP contribution in [0.5, 0.6) is 0 Å². The molecule has 0 spiro atoms. The van der Waals surface area contributed by atoms with Crippen molar-refractivity contribution in [3.8, 4) is 0 Å². The van der Waals surface area contributed by atoms with E-state index in [1.54, 1.807) is 11.1 Å². The van der Waals surface area contributed by atoms with E-state index in [0.29, 0.717) is 35.9 Å². The lowest BCUT2D eigenvalue weighted by Gasteiger charge is -2.52. The summed E-state index contributed by atoms with van der Waals surface area (Å²) in [6.07, 6.45) is 20.9. The summed E-state index contributed by atoms with van der Waals surface area (Å²) in [7, 11) is 2.13. The van der Waals surface area contributed by atoms with Crippen molar-refractivity contribution < 1.29 is 14.7 Å². The predicted octanol–water partition coefficient (Wildman–Crippen LogP) is 6.45. The highest BCUT2D eigenvalue weighted by atomic mass is 16.3. The Balaban J connectivity index is 1.04. The fourth-order valence-electron chi connectivity index (χ4n) is 9.00. The highest BCUT2D eigenvalue weighted by Gasteiger charge is 2.55. The molecule has 1 amide bonds. The third-order valence-electron chi connectivity index (χ3n) is 11.3. The Morgan fingerprint density at radius 1 is 0.923 bits per heavy atom. The molecule has 1 N–H and O–H groups in total. The number of nitrogens with zero attached hydrogens (tertiary/aromatic N) is 2. The molecule has 218 valence electrons. The SMILES string of the molecule is CN1CCN(C(=O)CCCCCCCCCC[C@H]2C[C@@]3(C)C(CC[C@@H]3O)C3CCC4=CC(=O)CCC4=C32)CC1. The van der Waals surface area contributed by atoms with Gasteiger partial charge in [-0.2, -0.15) is 0 Å². The molecule has 2 unspecified atom stereocenters. The van der Waals surface area contributed by atoms with Crippen LogP contribution in [0, 0.1) is 23.2 Å². The van der Waals surface area contributed by atoms with Gasteiger partial charge in [-0.25, -0.2) is 0 Å². The van der Waals surface area contributed by atoms with E-state index in [1.807, 2.05) is 6.08 Å². The molecule has 1 saturated heterocycles. The van der Waals surface area contributed by atoms with E-state index >= 15 is 0 Å². The molecule has 4 aliphatic carbocycles.